The van der Waals surface area contributed by atoms with Crippen molar-refractivity contribution in [3.63, 3.8) is 0 Å². The van der Waals surface area contributed by atoms with E-state index in [4.69, 9.17) is 0 Å². The van der Waals surface area contributed by atoms with Crippen molar-refractivity contribution in [2.24, 2.45) is 0 Å². The highest BCUT2D eigenvalue weighted by Crippen LogP contribution is 2.36. The van der Waals surface area contributed by atoms with Gasteiger partial charge in [0, 0.05) is 28.7 Å². The highest BCUT2D eigenvalue weighted by Gasteiger charge is 2.27. The second-order valence-electron chi connectivity index (χ2n) is 5.52. The van der Waals surface area contributed by atoms with Crippen LogP contribution in [0.4, 0.5) is 0 Å². The molecule has 0 saturated heterocycles. The molecule has 1 atom stereocenters. The smallest absolute Gasteiger partial charge is 0.256 e. The zero-order chi connectivity index (χ0) is 13.9. The standard InChI is InChI=1S/C16H15N3O/c1-9-8-17-15-14-12(7-10(2)19(15)16(9)20)11-5-3-4-6-13(11)18-14/h3-6,8,10,18H,7H2,1-2H3. The topological polar surface area (TPSA) is 50.7 Å². The number of rotatable bonds is 0. The minimum absolute atomic E-state index is 0.0619. The summed E-state index contributed by atoms with van der Waals surface area (Å²) in [5.74, 6) is 0.755. The van der Waals surface area contributed by atoms with E-state index in [9.17, 15) is 4.79 Å². The van der Waals surface area contributed by atoms with E-state index in [1.165, 1.54) is 10.9 Å². The van der Waals surface area contributed by atoms with Gasteiger partial charge in [-0.2, -0.15) is 0 Å². The van der Waals surface area contributed by atoms with Crippen LogP contribution in [0.2, 0.25) is 0 Å². The number of hydrogen-bond donors (Lipinski definition) is 1. The minimum atomic E-state index is 0.0619. The average molecular weight is 265 g/mol. The van der Waals surface area contributed by atoms with Gasteiger partial charge in [-0.25, -0.2) is 4.98 Å². The number of fused-ring (bicyclic) bond motifs is 5. The molecule has 1 aliphatic heterocycles. The molecule has 1 aliphatic rings. The van der Waals surface area contributed by atoms with Gasteiger partial charge in [0.1, 0.15) is 0 Å². The maximum atomic E-state index is 12.4. The van der Waals surface area contributed by atoms with Crippen LogP contribution in [0.5, 0.6) is 0 Å². The Bertz CT molecular complexity index is 888. The minimum Gasteiger partial charge on any atom is -0.352 e. The number of benzene rings is 1. The number of aromatic nitrogens is 3. The van der Waals surface area contributed by atoms with Gasteiger partial charge in [-0.15, -0.1) is 0 Å². The maximum absolute atomic E-state index is 12.4. The Balaban J connectivity index is 2.13. The molecular formula is C16H15N3O. The Morgan fingerprint density at radius 1 is 1.35 bits per heavy atom. The zero-order valence-corrected chi connectivity index (χ0v) is 11.5. The van der Waals surface area contributed by atoms with E-state index in [-0.39, 0.29) is 11.6 Å². The van der Waals surface area contributed by atoms with Crippen LogP contribution in [0.3, 0.4) is 0 Å². The third-order valence-electron chi connectivity index (χ3n) is 4.14. The number of nitrogens with one attached hydrogen (secondary N) is 1. The molecule has 4 heteroatoms. The molecular weight excluding hydrogens is 250 g/mol. The summed E-state index contributed by atoms with van der Waals surface area (Å²) in [5.41, 5.74) is 4.12. The molecule has 1 unspecified atom stereocenters. The summed E-state index contributed by atoms with van der Waals surface area (Å²) in [7, 11) is 0. The fourth-order valence-electron chi connectivity index (χ4n) is 3.15. The molecule has 3 aromatic rings. The van der Waals surface area contributed by atoms with E-state index in [0.29, 0.717) is 5.56 Å². The summed E-state index contributed by atoms with van der Waals surface area (Å²) in [6.07, 6.45) is 2.53. The largest absolute Gasteiger partial charge is 0.352 e. The van der Waals surface area contributed by atoms with Crippen molar-refractivity contribution in [1.82, 2.24) is 14.5 Å². The van der Waals surface area contributed by atoms with Crippen LogP contribution in [0, 0.1) is 6.92 Å². The second-order valence-corrected chi connectivity index (χ2v) is 5.52. The molecule has 4 nitrogen and oxygen atoms in total. The quantitative estimate of drug-likeness (QED) is 0.679. The number of aromatic amines is 1. The van der Waals surface area contributed by atoms with Crippen LogP contribution < -0.4 is 5.56 Å². The Hall–Kier alpha value is -2.36. The first-order valence-electron chi connectivity index (χ1n) is 6.85. The van der Waals surface area contributed by atoms with E-state index >= 15 is 0 Å². The van der Waals surface area contributed by atoms with E-state index in [0.717, 1.165) is 23.5 Å². The molecule has 3 heterocycles. The van der Waals surface area contributed by atoms with Gasteiger partial charge in [-0.05, 0) is 31.9 Å². The highest BCUT2D eigenvalue weighted by atomic mass is 16.1. The normalized spacial score (nSPS) is 17.0. The summed E-state index contributed by atoms with van der Waals surface area (Å²) in [5, 5.41) is 1.23. The third-order valence-corrected chi connectivity index (χ3v) is 4.14. The lowest BCUT2D eigenvalue weighted by molar-refractivity contribution is 0.510. The molecule has 0 radical (unpaired) electrons. The lowest BCUT2D eigenvalue weighted by Gasteiger charge is -2.24. The molecule has 0 aliphatic carbocycles. The van der Waals surface area contributed by atoms with E-state index in [2.05, 4.69) is 29.0 Å². The van der Waals surface area contributed by atoms with Crippen molar-refractivity contribution in [2.45, 2.75) is 26.3 Å². The molecule has 20 heavy (non-hydrogen) atoms. The Morgan fingerprint density at radius 3 is 3.00 bits per heavy atom. The van der Waals surface area contributed by atoms with Crippen molar-refractivity contribution in [2.75, 3.05) is 0 Å². The van der Waals surface area contributed by atoms with Gasteiger partial charge in [0.25, 0.3) is 5.56 Å². The number of para-hydroxylation sites is 1. The summed E-state index contributed by atoms with van der Waals surface area (Å²) < 4.78 is 1.81. The molecule has 0 amide bonds. The van der Waals surface area contributed by atoms with Crippen LogP contribution in [0.1, 0.15) is 24.1 Å². The summed E-state index contributed by atoms with van der Waals surface area (Å²) in [4.78, 5) is 20.3. The molecule has 100 valence electrons. The van der Waals surface area contributed by atoms with Crippen LogP contribution in [-0.4, -0.2) is 14.5 Å². The predicted octanol–water partition coefficient (Wildman–Crippen LogP) is 2.82. The Morgan fingerprint density at radius 2 is 2.15 bits per heavy atom. The fraction of sp³-hybridized carbons (Fsp3) is 0.250. The molecule has 0 fully saturated rings. The number of H-pyrrole nitrogens is 1. The van der Waals surface area contributed by atoms with Crippen LogP contribution in [0.25, 0.3) is 22.4 Å². The zero-order valence-electron chi connectivity index (χ0n) is 11.5. The first-order chi connectivity index (χ1) is 9.66. The molecule has 0 bridgehead atoms. The Labute approximate surface area is 116 Å². The van der Waals surface area contributed by atoms with E-state index in [1.807, 2.05) is 23.6 Å². The molecule has 2 aromatic heterocycles. The highest BCUT2D eigenvalue weighted by molar-refractivity contribution is 5.90. The van der Waals surface area contributed by atoms with Crippen LogP contribution in [0.15, 0.2) is 35.3 Å². The molecule has 0 saturated carbocycles. The third kappa shape index (κ3) is 1.36. The van der Waals surface area contributed by atoms with Crippen molar-refractivity contribution < 1.29 is 0 Å². The van der Waals surface area contributed by atoms with Gasteiger partial charge >= 0.3 is 0 Å². The first-order valence-corrected chi connectivity index (χ1v) is 6.85. The van der Waals surface area contributed by atoms with Crippen LogP contribution in [-0.2, 0) is 6.42 Å². The number of nitrogens with zero attached hydrogens (tertiary/aromatic N) is 2. The molecule has 1 aromatic carbocycles. The molecule has 4 rings (SSSR count). The number of aryl methyl sites for hydroxylation is 1. The summed E-state index contributed by atoms with van der Waals surface area (Å²) in [6, 6.07) is 8.39. The Kier molecular flexibility index (Phi) is 2.19. The number of hydrogen-bond acceptors (Lipinski definition) is 2. The van der Waals surface area contributed by atoms with Gasteiger partial charge in [0.15, 0.2) is 5.82 Å². The fourth-order valence-corrected chi connectivity index (χ4v) is 3.15. The van der Waals surface area contributed by atoms with Gasteiger partial charge in [0.2, 0.25) is 0 Å². The average Bonchev–Trinajstić information content (AvgIpc) is 2.81. The van der Waals surface area contributed by atoms with Gasteiger partial charge in [-0.3, -0.25) is 9.36 Å². The first kappa shape index (κ1) is 11.5. The summed E-state index contributed by atoms with van der Waals surface area (Å²) >= 11 is 0. The molecule has 1 N–H and O–H groups in total. The van der Waals surface area contributed by atoms with Crippen LogP contribution >= 0.6 is 0 Å². The molecule has 0 spiro atoms. The van der Waals surface area contributed by atoms with E-state index < -0.39 is 0 Å². The second kappa shape index (κ2) is 3.82. The van der Waals surface area contributed by atoms with E-state index in [1.54, 1.807) is 6.20 Å². The van der Waals surface area contributed by atoms with Gasteiger partial charge < -0.3 is 4.98 Å². The SMILES string of the molecule is Cc1cnc2n(c1=O)C(C)Cc1c-2[nH]c2ccccc12. The summed E-state index contributed by atoms with van der Waals surface area (Å²) in [6.45, 7) is 3.90. The van der Waals surface area contributed by atoms with Crippen molar-refractivity contribution in [3.05, 3.63) is 51.9 Å². The monoisotopic (exact) mass is 265 g/mol. The van der Waals surface area contributed by atoms with Crippen molar-refractivity contribution in [1.29, 1.82) is 0 Å². The van der Waals surface area contributed by atoms with Gasteiger partial charge in [0.05, 0.1) is 5.69 Å². The maximum Gasteiger partial charge on any atom is 0.256 e. The van der Waals surface area contributed by atoms with Crippen molar-refractivity contribution >= 4 is 10.9 Å². The van der Waals surface area contributed by atoms with Crippen molar-refractivity contribution in [3.8, 4) is 11.5 Å². The lowest BCUT2D eigenvalue weighted by atomic mass is 9.99. The van der Waals surface area contributed by atoms with Gasteiger partial charge in [-0.1, -0.05) is 18.2 Å². The lowest BCUT2D eigenvalue weighted by Crippen LogP contribution is -2.31. The predicted molar refractivity (Wildman–Crippen MR) is 78.9 cm³/mol.